The summed E-state index contributed by atoms with van der Waals surface area (Å²) in [5, 5.41) is 6.58. The van der Waals surface area contributed by atoms with E-state index in [1.54, 1.807) is 0 Å². The lowest BCUT2D eigenvalue weighted by molar-refractivity contribution is -0.132. The molecule has 0 bridgehead atoms. The van der Waals surface area contributed by atoms with Crippen LogP contribution < -0.4 is 11.1 Å². The summed E-state index contributed by atoms with van der Waals surface area (Å²) >= 11 is 0. The molecule has 1 unspecified atom stereocenters. The molecule has 0 spiro atoms. The van der Waals surface area contributed by atoms with Gasteiger partial charge in [0.15, 0.2) is 5.78 Å². The minimum absolute atomic E-state index is 0.132. The lowest BCUT2D eigenvalue weighted by Gasteiger charge is -2.23. The fourth-order valence-electron chi connectivity index (χ4n) is 3.15. The predicted octanol–water partition coefficient (Wildman–Crippen LogP) is 0.903. The molecular weight excluding hydrogens is 353 g/mol. The van der Waals surface area contributed by atoms with Crippen molar-refractivity contribution in [1.29, 1.82) is 0 Å². The number of aromatic nitrogens is 2. The number of nitrogens with zero attached hydrogens (tertiary/aromatic N) is 3. The number of Topliss-reactive ketones (excluding diaryl/α,β-unsaturated/α-hetero) is 1. The van der Waals surface area contributed by atoms with Gasteiger partial charge in [0.05, 0.1) is 30.0 Å². The third-order valence-corrected chi connectivity index (χ3v) is 4.51. The molecular formula is C18H20FN5O3. The van der Waals surface area contributed by atoms with E-state index in [4.69, 9.17) is 5.73 Å². The maximum atomic E-state index is 13.1. The monoisotopic (exact) mass is 373 g/mol. The van der Waals surface area contributed by atoms with Crippen molar-refractivity contribution in [1.82, 2.24) is 20.0 Å². The minimum atomic E-state index is -0.639. The smallest absolute Gasteiger partial charge is 0.242 e. The zero-order chi connectivity index (χ0) is 19.6. The van der Waals surface area contributed by atoms with Crippen LogP contribution in [0.15, 0.2) is 30.5 Å². The number of ketones is 1. The Labute approximate surface area is 155 Å². The third kappa shape index (κ3) is 3.81. The van der Waals surface area contributed by atoms with Gasteiger partial charge in [-0.15, -0.1) is 0 Å². The number of carbonyl (C=O) groups is 3. The lowest BCUT2D eigenvalue weighted by Crippen LogP contribution is -2.45. The van der Waals surface area contributed by atoms with E-state index in [-0.39, 0.29) is 41.3 Å². The third-order valence-electron chi connectivity index (χ3n) is 4.51. The minimum Gasteiger partial charge on any atom is -0.383 e. The molecule has 2 heterocycles. The van der Waals surface area contributed by atoms with Gasteiger partial charge in [-0.1, -0.05) is 0 Å². The molecule has 1 aromatic carbocycles. The van der Waals surface area contributed by atoms with Crippen LogP contribution in [0.1, 0.15) is 30.1 Å². The highest BCUT2D eigenvalue weighted by atomic mass is 19.1. The molecule has 1 aliphatic rings. The molecule has 1 aromatic heterocycles. The number of rotatable bonds is 5. The van der Waals surface area contributed by atoms with E-state index in [9.17, 15) is 18.8 Å². The average molecular weight is 373 g/mol. The largest absolute Gasteiger partial charge is 0.383 e. The number of amides is 2. The maximum Gasteiger partial charge on any atom is 0.242 e. The van der Waals surface area contributed by atoms with E-state index < -0.39 is 6.04 Å². The van der Waals surface area contributed by atoms with Gasteiger partial charge in [0, 0.05) is 13.5 Å². The van der Waals surface area contributed by atoms with E-state index in [0.717, 1.165) is 0 Å². The number of benzene rings is 1. The highest BCUT2D eigenvalue weighted by Crippen LogP contribution is 2.25. The Morgan fingerprint density at radius 1 is 1.30 bits per heavy atom. The van der Waals surface area contributed by atoms with Crippen LogP contribution in [0.3, 0.4) is 0 Å². The highest BCUT2D eigenvalue weighted by Gasteiger charge is 2.36. The molecule has 1 aliphatic heterocycles. The fraction of sp³-hybridized carbons (Fsp3) is 0.333. The van der Waals surface area contributed by atoms with Gasteiger partial charge in [0.1, 0.15) is 11.6 Å². The van der Waals surface area contributed by atoms with E-state index in [1.807, 2.05) is 0 Å². The second-order valence-corrected chi connectivity index (χ2v) is 6.35. The van der Waals surface area contributed by atoms with Gasteiger partial charge in [-0.05, 0) is 37.1 Å². The summed E-state index contributed by atoms with van der Waals surface area (Å²) in [5.41, 5.74) is 6.82. The standard InChI is InChI=1S/C18H20FN5O3/c1-11(25)21-10-16(26)23-8-2-3-15(23)17(27)14-9-22-24(18(14)20)13-6-4-12(19)5-7-13/h4-7,9,15H,2-3,8,10,20H2,1H3,(H,21,25). The summed E-state index contributed by atoms with van der Waals surface area (Å²) in [6.07, 6.45) is 2.57. The van der Waals surface area contributed by atoms with Crippen LogP contribution in [-0.2, 0) is 9.59 Å². The number of carbonyl (C=O) groups excluding carboxylic acids is 3. The number of nitrogens with two attached hydrogens (primary N) is 1. The first kappa shape index (κ1) is 18.6. The number of nitrogen functional groups attached to an aromatic ring is 1. The highest BCUT2D eigenvalue weighted by molar-refractivity contribution is 6.05. The molecule has 142 valence electrons. The van der Waals surface area contributed by atoms with Gasteiger partial charge in [0.2, 0.25) is 11.8 Å². The molecule has 3 N–H and O–H groups in total. The molecule has 2 aromatic rings. The van der Waals surface area contributed by atoms with E-state index in [2.05, 4.69) is 10.4 Å². The predicted molar refractivity (Wildman–Crippen MR) is 95.7 cm³/mol. The molecule has 9 heteroatoms. The summed E-state index contributed by atoms with van der Waals surface area (Å²) in [6, 6.07) is 4.92. The van der Waals surface area contributed by atoms with Crippen LogP contribution >= 0.6 is 0 Å². The van der Waals surface area contributed by atoms with Crippen molar-refractivity contribution < 1.29 is 18.8 Å². The van der Waals surface area contributed by atoms with E-state index in [0.29, 0.717) is 25.1 Å². The lowest BCUT2D eigenvalue weighted by atomic mass is 10.0. The number of nitrogens with one attached hydrogen (secondary N) is 1. The van der Waals surface area contributed by atoms with Crippen LogP contribution in [0, 0.1) is 5.82 Å². The van der Waals surface area contributed by atoms with Gasteiger partial charge in [0.25, 0.3) is 0 Å². The average Bonchev–Trinajstić information content (AvgIpc) is 3.27. The topological polar surface area (TPSA) is 110 Å². The molecule has 0 saturated carbocycles. The molecule has 2 amide bonds. The van der Waals surface area contributed by atoms with Crippen molar-refractivity contribution >= 4 is 23.4 Å². The van der Waals surface area contributed by atoms with Crippen molar-refractivity contribution in [3.05, 3.63) is 41.8 Å². The Kier molecular flexibility index (Phi) is 5.20. The Hall–Kier alpha value is -3.23. The number of anilines is 1. The number of likely N-dealkylation sites (tertiary alicyclic amines) is 1. The number of hydrogen-bond acceptors (Lipinski definition) is 5. The fourth-order valence-corrected chi connectivity index (χ4v) is 3.15. The van der Waals surface area contributed by atoms with Crippen LogP contribution in [0.4, 0.5) is 10.2 Å². The Balaban J connectivity index is 1.80. The summed E-state index contributed by atoms with van der Waals surface area (Å²) in [5.74, 6) is -1.18. The molecule has 8 nitrogen and oxygen atoms in total. The van der Waals surface area contributed by atoms with Crippen LogP contribution in [0.2, 0.25) is 0 Å². The Morgan fingerprint density at radius 2 is 2.00 bits per heavy atom. The zero-order valence-corrected chi connectivity index (χ0v) is 14.8. The first-order valence-electron chi connectivity index (χ1n) is 8.56. The zero-order valence-electron chi connectivity index (χ0n) is 14.8. The first-order valence-corrected chi connectivity index (χ1v) is 8.56. The van der Waals surface area contributed by atoms with E-state index >= 15 is 0 Å². The van der Waals surface area contributed by atoms with Gasteiger partial charge < -0.3 is 16.0 Å². The molecule has 0 radical (unpaired) electrons. The Bertz CT molecular complexity index is 878. The second-order valence-electron chi connectivity index (χ2n) is 6.35. The van der Waals surface area contributed by atoms with Gasteiger partial charge >= 0.3 is 0 Å². The molecule has 3 rings (SSSR count). The van der Waals surface area contributed by atoms with Gasteiger partial charge in [-0.25, -0.2) is 9.07 Å². The Morgan fingerprint density at radius 3 is 2.67 bits per heavy atom. The summed E-state index contributed by atoms with van der Waals surface area (Å²) < 4.78 is 14.4. The normalized spacial score (nSPS) is 16.4. The number of hydrogen-bond donors (Lipinski definition) is 2. The van der Waals surface area contributed by atoms with Gasteiger partial charge in [-0.3, -0.25) is 14.4 Å². The van der Waals surface area contributed by atoms with Crippen molar-refractivity contribution in [2.75, 3.05) is 18.8 Å². The van der Waals surface area contributed by atoms with Crippen molar-refractivity contribution in [2.45, 2.75) is 25.8 Å². The second kappa shape index (κ2) is 7.56. The van der Waals surface area contributed by atoms with Crippen molar-refractivity contribution in [2.24, 2.45) is 0 Å². The van der Waals surface area contributed by atoms with Crippen LogP contribution in [-0.4, -0.2) is 51.4 Å². The maximum absolute atomic E-state index is 13.1. The molecule has 27 heavy (non-hydrogen) atoms. The molecule has 1 atom stereocenters. The molecule has 1 fully saturated rings. The van der Waals surface area contributed by atoms with E-state index in [1.165, 1.54) is 47.0 Å². The quantitative estimate of drug-likeness (QED) is 0.757. The molecule has 0 aliphatic carbocycles. The summed E-state index contributed by atoms with van der Waals surface area (Å²) in [6.45, 7) is 1.62. The SMILES string of the molecule is CC(=O)NCC(=O)N1CCCC1C(=O)c1cnn(-c2ccc(F)cc2)c1N. The van der Waals surface area contributed by atoms with Crippen molar-refractivity contribution in [3.8, 4) is 5.69 Å². The van der Waals surface area contributed by atoms with Gasteiger partial charge in [-0.2, -0.15) is 5.10 Å². The number of halogens is 1. The summed E-state index contributed by atoms with van der Waals surface area (Å²) in [7, 11) is 0. The first-order chi connectivity index (χ1) is 12.9. The van der Waals surface area contributed by atoms with Crippen LogP contribution in [0.5, 0.6) is 0 Å². The molecule has 1 saturated heterocycles. The van der Waals surface area contributed by atoms with Crippen molar-refractivity contribution in [3.63, 3.8) is 0 Å². The summed E-state index contributed by atoms with van der Waals surface area (Å²) in [4.78, 5) is 37.7. The van der Waals surface area contributed by atoms with Crippen LogP contribution in [0.25, 0.3) is 5.69 Å².